The minimum atomic E-state index is -5.94. The standard InChI is InChI=1S/C14H8F6O3S/c15-13(16,17)10-5-3-4-9(8-10)11-6-1-2-7-12(11)23-24(21,22)14(18,19)20/h1-8H. The molecule has 0 amide bonds. The molecular weight excluding hydrogens is 362 g/mol. The van der Waals surface area contributed by atoms with Gasteiger partial charge in [0.15, 0.2) is 5.75 Å². The molecule has 2 aromatic carbocycles. The maximum Gasteiger partial charge on any atom is 0.534 e. The molecule has 2 rings (SSSR count). The molecule has 0 fully saturated rings. The van der Waals surface area contributed by atoms with Crippen molar-refractivity contribution in [3.05, 3.63) is 54.1 Å². The van der Waals surface area contributed by atoms with Crippen LogP contribution in [0.25, 0.3) is 11.1 Å². The van der Waals surface area contributed by atoms with Crippen LogP contribution in [0.15, 0.2) is 48.5 Å². The summed E-state index contributed by atoms with van der Waals surface area (Å²) < 4.78 is 102. The van der Waals surface area contributed by atoms with Crippen LogP contribution >= 0.6 is 0 Å². The highest BCUT2D eigenvalue weighted by Gasteiger charge is 2.48. The van der Waals surface area contributed by atoms with E-state index < -0.39 is 33.1 Å². The summed E-state index contributed by atoms with van der Waals surface area (Å²) in [6.07, 6.45) is -4.66. The van der Waals surface area contributed by atoms with Crippen molar-refractivity contribution in [3.63, 3.8) is 0 Å². The fraction of sp³-hybridized carbons (Fsp3) is 0.143. The topological polar surface area (TPSA) is 43.4 Å². The predicted octanol–water partition coefficient (Wildman–Crippen LogP) is 4.60. The number of halogens is 6. The lowest BCUT2D eigenvalue weighted by molar-refractivity contribution is -0.137. The van der Waals surface area contributed by atoms with Crippen molar-refractivity contribution in [3.8, 4) is 16.9 Å². The van der Waals surface area contributed by atoms with Crippen molar-refractivity contribution < 1.29 is 38.9 Å². The monoisotopic (exact) mass is 370 g/mol. The van der Waals surface area contributed by atoms with Gasteiger partial charge in [0.25, 0.3) is 0 Å². The van der Waals surface area contributed by atoms with Gasteiger partial charge >= 0.3 is 21.8 Å². The van der Waals surface area contributed by atoms with E-state index in [-0.39, 0.29) is 11.1 Å². The smallest absolute Gasteiger partial charge is 0.375 e. The first-order valence-electron chi connectivity index (χ1n) is 6.19. The lowest BCUT2D eigenvalue weighted by Gasteiger charge is -2.14. The predicted molar refractivity (Wildman–Crippen MR) is 72.5 cm³/mol. The van der Waals surface area contributed by atoms with Crippen LogP contribution in [-0.2, 0) is 16.3 Å². The van der Waals surface area contributed by atoms with Crippen LogP contribution in [0, 0.1) is 0 Å². The third kappa shape index (κ3) is 3.81. The van der Waals surface area contributed by atoms with E-state index in [0.717, 1.165) is 24.3 Å². The molecule has 130 valence electrons. The first-order chi connectivity index (χ1) is 10.9. The van der Waals surface area contributed by atoms with Gasteiger partial charge in [0, 0.05) is 5.56 Å². The van der Waals surface area contributed by atoms with Crippen molar-refractivity contribution in [1.29, 1.82) is 0 Å². The quantitative estimate of drug-likeness (QED) is 0.451. The highest BCUT2D eigenvalue weighted by atomic mass is 32.2. The van der Waals surface area contributed by atoms with Gasteiger partial charge < -0.3 is 4.18 Å². The second kappa shape index (κ2) is 6.00. The first kappa shape index (κ1) is 18.1. The second-order valence-electron chi connectivity index (χ2n) is 4.56. The van der Waals surface area contributed by atoms with Crippen molar-refractivity contribution in [1.82, 2.24) is 0 Å². The molecule has 0 aliphatic rings. The van der Waals surface area contributed by atoms with E-state index >= 15 is 0 Å². The van der Waals surface area contributed by atoms with E-state index in [4.69, 9.17) is 0 Å². The molecule has 0 atom stereocenters. The van der Waals surface area contributed by atoms with E-state index in [1.54, 1.807) is 0 Å². The molecule has 10 heteroatoms. The van der Waals surface area contributed by atoms with E-state index in [1.165, 1.54) is 18.2 Å². The largest absolute Gasteiger partial charge is 0.534 e. The zero-order valence-corrected chi connectivity index (χ0v) is 12.3. The van der Waals surface area contributed by atoms with Gasteiger partial charge in [0.05, 0.1) is 5.56 Å². The summed E-state index contributed by atoms with van der Waals surface area (Å²) >= 11 is 0. The molecule has 0 heterocycles. The summed E-state index contributed by atoms with van der Waals surface area (Å²) in [5.74, 6) is -0.728. The van der Waals surface area contributed by atoms with Gasteiger partial charge in [-0.2, -0.15) is 34.8 Å². The van der Waals surface area contributed by atoms with Gasteiger partial charge in [-0.3, -0.25) is 0 Å². The summed E-state index contributed by atoms with van der Waals surface area (Å²) in [5.41, 5.74) is -7.06. The number of hydrogen-bond acceptors (Lipinski definition) is 3. The Labute approximate surface area is 132 Å². The molecule has 0 saturated heterocycles. The van der Waals surface area contributed by atoms with Crippen molar-refractivity contribution in [2.24, 2.45) is 0 Å². The minimum absolute atomic E-state index is 0.141. The third-order valence-corrected chi connectivity index (χ3v) is 3.84. The van der Waals surface area contributed by atoms with Crippen molar-refractivity contribution in [2.45, 2.75) is 11.7 Å². The summed E-state index contributed by atoms with van der Waals surface area (Å²) in [6, 6.07) is 8.28. The Kier molecular flexibility index (Phi) is 4.53. The summed E-state index contributed by atoms with van der Waals surface area (Å²) in [6.45, 7) is 0. The van der Waals surface area contributed by atoms with Crippen LogP contribution in [0.3, 0.4) is 0 Å². The summed E-state index contributed by atoms with van der Waals surface area (Å²) in [5, 5.41) is 0. The van der Waals surface area contributed by atoms with E-state index in [0.29, 0.717) is 6.07 Å². The molecule has 2 aromatic rings. The summed E-state index contributed by atoms with van der Waals surface area (Å²) in [4.78, 5) is 0. The minimum Gasteiger partial charge on any atom is -0.375 e. The Bertz CT molecular complexity index is 840. The average Bonchev–Trinajstić information content (AvgIpc) is 2.45. The average molecular weight is 370 g/mol. The van der Waals surface area contributed by atoms with Crippen molar-refractivity contribution in [2.75, 3.05) is 0 Å². The van der Waals surface area contributed by atoms with Gasteiger partial charge in [0.2, 0.25) is 0 Å². The molecule has 0 spiro atoms. The highest BCUT2D eigenvalue weighted by molar-refractivity contribution is 7.88. The Hall–Kier alpha value is -2.23. The Morgan fingerprint density at radius 2 is 1.46 bits per heavy atom. The molecule has 0 saturated carbocycles. The van der Waals surface area contributed by atoms with E-state index in [9.17, 15) is 34.8 Å². The van der Waals surface area contributed by atoms with Gasteiger partial charge in [0.1, 0.15) is 0 Å². The van der Waals surface area contributed by atoms with E-state index in [2.05, 4.69) is 4.18 Å². The van der Waals surface area contributed by atoms with Crippen LogP contribution in [0.2, 0.25) is 0 Å². The van der Waals surface area contributed by atoms with Gasteiger partial charge in [-0.05, 0) is 23.8 Å². The number of para-hydroxylation sites is 1. The van der Waals surface area contributed by atoms with Crippen LogP contribution < -0.4 is 4.18 Å². The maximum atomic E-state index is 12.7. The molecule has 0 unspecified atom stereocenters. The third-order valence-electron chi connectivity index (χ3n) is 2.87. The van der Waals surface area contributed by atoms with Gasteiger partial charge in [-0.15, -0.1) is 0 Å². The zero-order chi connectivity index (χ0) is 18.2. The molecule has 0 aliphatic carbocycles. The first-order valence-corrected chi connectivity index (χ1v) is 7.60. The highest BCUT2D eigenvalue weighted by Crippen LogP contribution is 2.37. The molecule has 3 nitrogen and oxygen atoms in total. The number of rotatable bonds is 3. The van der Waals surface area contributed by atoms with Crippen LogP contribution in [0.4, 0.5) is 26.3 Å². The molecule has 0 radical (unpaired) electrons. The van der Waals surface area contributed by atoms with Gasteiger partial charge in [-0.1, -0.05) is 30.3 Å². The normalized spacial score (nSPS) is 12.9. The molecule has 0 bridgehead atoms. The second-order valence-corrected chi connectivity index (χ2v) is 6.10. The molecule has 0 N–H and O–H groups in total. The molecule has 0 aromatic heterocycles. The Balaban J connectivity index is 2.51. The lowest BCUT2D eigenvalue weighted by Crippen LogP contribution is -2.28. The fourth-order valence-electron chi connectivity index (χ4n) is 1.81. The van der Waals surface area contributed by atoms with E-state index in [1.807, 2.05) is 0 Å². The fourth-order valence-corrected chi connectivity index (χ4v) is 2.28. The van der Waals surface area contributed by atoms with Crippen LogP contribution in [0.1, 0.15) is 5.56 Å². The van der Waals surface area contributed by atoms with Crippen LogP contribution in [0.5, 0.6) is 5.75 Å². The zero-order valence-electron chi connectivity index (χ0n) is 11.5. The SMILES string of the molecule is O=S(=O)(Oc1ccccc1-c1cccc(C(F)(F)F)c1)C(F)(F)F. The molecular formula is C14H8F6O3S. The van der Waals surface area contributed by atoms with Crippen LogP contribution in [-0.4, -0.2) is 13.9 Å². The maximum absolute atomic E-state index is 12.7. The molecule has 0 aliphatic heterocycles. The summed E-state index contributed by atoms with van der Waals surface area (Å²) in [7, 11) is -5.94. The number of alkyl halides is 6. The Morgan fingerprint density at radius 3 is 2.04 bits per heavy atom. The van der Waals surface area contributed by atoms with Gasteiger partial charge in [-0.25, -0.2) is 0 Å². The number of benzene rings is 2. The number of hydrogen-bond donors (Lipinski definition) is 0. The van der Waals surface area contributed by atoms with Crippen molar-refractivity contribution >= 4 is 10.1 Å². The molecule has 24 heavy (non-hydrogen) atoms. The lowest BCUT2D eigenvalue weighted by atomic mass is 10.0. The Morgan fingerprint density at radius 1 is 0.833 bits per heavy atom.